The Labute approximate surface area is 173 Å². The summed E-state index contributed by atoms with van der Waals surface area (Å²) in [7, 11) is 0. The van der Waals surface area contributed by atoms with Gasteiger partial charge in [0.15, 0.2) is 0 Å². The second-order valence-corrected chi connectivity index (χ2v) is 7.32. The van der Waals surface area contributed by atoms with Crippen LogP contribution in [0.1, 0.15) is 54.6 Å². The molecule has 3 heteroatoms. The minimum atomic E-state index is -0.262. The monoisotopic (exact) mass is 390 g/mol. The quantitative estimate of drug-likeness (QED) is 0.298. The number of rotatable bonds is 10. The van der Waals surface area contributed by atoms with Gasteiger partial charge in [-0.15, -0.1) is 0 Å². The molecule has 3 aromatic rings. The predicted octanol–water partition coefficient (Wildman–Crippen LogP) is 6.37. The molecule has 0 aliphatic rings. The smallest absolute Gasteiger partial charge is 0.338 e. The van der Waals surface area contributed by atoms with Crippen molar-refractivity contribution in [2.24, 2.45) is 0 Å². The van der Waals surface area contributed by atoms with E-state index in [-0.39, 0.29) is 5.97 Å². The molecule has 0 fully saturated rings. The van der Waals surface area contributed by atoms with Gasteiger partial charge in [-0.25, -0.2) is 4.79 Å². The normalized spacial score (nSPS) is 10.8. The number of hydrogen-bond acceptors (Lipinski definition) is 3. The third-order valence-corrected chi connectivity index (χ3v) is 5.06. The van der Waals surface area contributed by atoms with Gasteiger partial charge in [0.25, 0.3) is 0 Å². The lowest BCUT2D eigenvalue weighted by molar-refractivity contribution is 0.0526. The highest BCUT2D eigenvalue weighted by Crippen LogP contribution is 2.23. The van der Waals surface area contributed by atoms with E-state index >= 15 is 0 Å². The summed E-state index contributed by atoms with van der Waals surface area (Å²) < 4.78 is 10.9. The average molecular weight is 391 g/mol. The summed E-state index contributed by atoms with van der Waals surface area (Å²) in [4.78, 5) is 11.7. The average Bonchev–Trinajstić information content (AvgIpc) is 2.75. The minimum absolute atomic E-state index is 0.262. The van der Waals surface area contributed by atoms with Gasteiger partial charge >= 0.3 is 5.97 Å². The molecule has 3 rings (SSSR count). The number of hydrogen-bond donors (Lipinski definition) is 0. The molecule has 0 aromatic heterocycles. The van der Waals surface area contributed by atoms with Gasteiger partial charge in [-0.05, 0) is 72.4 Å². The molecule has 0 saturated heterocycles. The molecule has 0 atom stereocenters. The highest BCUT2D eigenvalue weighted by molar-refractivity contribution is 5.89. The number of carbonyl (C=O) groups is 1. The highest BCUT2D eigenvalue weighted by Gasteiger charge is 2.06. The standard InChI is InChI=1S/C26H30O3/c1-3-5-6-17-29-25-16-15-23-18-21(11-14-24(23)19-25)8-7-20-9-12-22(13-10-20)26(27)28-4-2/h9-16,18-19H,3-8,17H2,1-2H3. The third-order valence-electron chi connectivity index (χ3n) is 5.06. The molecule has 0 saturated carbocycles. The Kier molecular flexibility index (Phi) is 7.69. The van der Waals surface area contributed by atoms with Crippen LogP contribution in [0.4, 0.5) is 0 Å². The van der Waals surface area contributed by atoms with Gasteiger partial charge in [-0.1, -0.05) is 56.2 Å². The second kappa shape index (κ2) is 10.7. The minimum Gasteiger partial charge on any atom is -0.494 e. The maximum atomic E-state index is 11.7. The summed E-state index contributed by atoms with van der Waals surface area (Å²) in [6.45, 7) is 5.20. The predicted molar refractivity (Wildman–Crippen MR) is 119 cm³/mol. The van der Waals surface area contributed by atoms with E-state index in [9.17, 15) is 4.79 Å². The van der Waals surface area contributed by atoms with Gasteiger partial charge in [0.05, 0.1) is 18.8 Å². The number of aryl methyl sites for hydroxylation is 2. The van der Waals surface area contributed by atoms with Crippen LogP contribution in [0.2, 0.25) is 0 Å². The fourth-order valence-corrected chi connectivity index (χ4v) is 3.37. The Bertz CT molecular complexity index is 928. The van der Waals surface area contributed by atoms with E-state index in [0.717, 1.165) is 31.6 Å². The third kappa shape index (κ3) is 6.08. The molecule has 152 valence electrons. The molecule has 0 unspecified atom stereocenters. The molecule has 0 amide bonds. The van der Waals surface area contributed by atoms with E-state index in [1.54, 1.807) is 0 Å². The van der Waals surface area contributed by atoms with Crippen molar-refractivity contribution in [3.05, 3.63) is 77.4 Å². The van der Waals surface area contributed by atoms with Crippen LogP contribution in [-0.2, 0) is 17.6 Å². The molecule has 3 aromatic carbocycles. The number of fused-ring (bicyclic) bond motifs is 1. The zero-order chi connectivity index (χ0) is 20.5. The molecule has 0 bridgehead atoms. The van der Waals surface area contributed by atoms with E-state index in [0.29, 0.717) is 12.2 Å². The first-order valence-corrected chi connectivity index (χ1v) is 10.6. The summed E-state index contributed by atoms with van der Waals surface area (Å²) in [6.07, 6.45) is 5.42. The Hall–Kier alpha value is -2.81. The summed E-state index contributed by atoms with van der Waals surface area (Å²) in [5.41, 5.74) is 3.13. The van der Waals surface area contributed by atoms with Crippen LogP contribution in [0.25, 0.3) is 10.8 Å². The molecule has 0 aliphatic carbocycles. The fourth-order valence-electron chi connectivity index (χ4n) is 3.37. The van der Waals surface area contributed by atoms with Crippen molar-refractivity contribution >= 4 is 16.7 Å². The maximum Gasteiger partial charge on any atom is 0.338 e. The van der Waals surface area contributed by atoms with E-state index < -0.39 is 0 Å². The van der Waals surface area contributed by atoms with Crippen LogP contribution >= 0.6 is 0 Å². The van der Waals surface area contributed by atoms with Crippen molar-refractivity contribution in [2.75, 3.05) is 13.2 Å². The molecular weight excluding hydrogens is 360 g/mol. The SMILES string of the molecule is CCCCCOc1ccc2cc(CCc3ccc(C(=O)OCC)cc3)ccc2c1. The Balaban J connectivity index is 1.58. The van der Waals surface area contributed by atoms with Gasteiger partial charge in [0.2, 0.25) is 0 Å². The molecule has 0 aliphatic heterocycles. The first kappa shape index (κ1) is 20.9. The number of unbranched alkanes of at least 4 members (excludes halogenated alkanes) is 2. The second-order valence-electron chi connectivity index (χ2n) is 7.32. The lowest BCUT2D eigenvalue weighted by Crippen LogP contribution is -2.04. The lowest BCUT2D eigenvalue weighted by atomic mass is 10.0. The fraction of sp³-hybridized carbons (Fsp3) is 0.346. The molecule has 0 radical (unpaired) electrons. The van der Waals surface area contributed by atoms with E-state index in [2.05, 4.69) is 43.3 Å². The van der Waals surface area contributed by atoms with Crippen LogP contribution in [0.15, 0.2) is 60.7 Å². The van der Waals surface area contributed by atoms with E-state index in [4.69, 9.17) is 9.47 Å². The summed E-state index contributed by atoms with van der Waals surface area (Å²) in [5, 5.41) is 2.45. The zero-order valence-corrected chi connectivity index (χ0v) is 17.4. The molecular formula is C26H30O3. The molecule has 0 N–H and O–H groups in total. The first-order chi connectivity index (χ1) is 14.2. The number of carbonyl (C=O) groups excluding carboxylic acids is 1. The van der Waals surface area contributed by atoms with Crippen molar-refractivity contribution in [2.45, 2.75) is 46.0 Å². The van der Waals surface area contributed by atoms with Crippen LogP contribution in [0.5, 0.6) is 5.75 Å². The number of benzene rings is 3. The van der Waals surface area contributed by atoms with Crippen molar-refractivity contribution in [3.8, 4) is 5.75 Å². The van der Waals surface area contributed by atoms with Gasteiger partial charge < -0.3 is 9.47 Å². The van der Waals surface area contributed by atoms with Gasteiger partial charge in [0, 0.05) is 0 Å². The van der Waals surface area contributed by atoms with Gasteiger partial charge in [0.1, 0.15) is 5.75 Å². The zero-order valence-electron chi connectivity index (χ0n) is 17.4. The first-order valence-electron chi connectivity index (χ1n) is 10.6. The largest absolute Gasteiger partial charge is 0.494 e. The molecule has 29 heavy (non-hydrogen) atoms. The van der Waals surface area contributed by atoms with E-state index in [1.807, 2.05) is 31.2 Å². The summed E-state index contributed by atoms with van der Waals surface area (Å²) in [5.74, 6) is 0.685. The van der Waals surface area contributed by atoms with Crippen molar-refractivity contribution in [1.82, 2.24) is 0 Å². The van der Waals surface area contributed by atoms with Crippen LogP contribution < -0.4 is 4.74 Å². The van der Waals surface area contributed by atoms with Gasteiger partial charge in [-0.3, -0.25) is 0 Å². The number of esters is 1. The van der Waals surface area contributed by atoms with E-state index in [1.165, 1.54) is 34.7 Å². The topological polar surface area (TPSA) is 35.5 Å². The molecule has 0 spiro atoms. The lowest BCUT2D eigenvalue weighted by Gasteiger charge is -2.09. The molecule has 0 heterocycles. The highest BCUT2D eigenvalue weighted by atomic mass is 16.5. The van der Waals surface area contributed by atoms with Crippen molar-refractivity contribution in [3.63, 3.8) is 0 Å². The summed E-state index contributed by atoms with van der Waals surface area (Å²) >= 11 is 0. The van der Waals surface area contributed by atoms with Gasteiger partial charge in [-0.2, -0.15) is 0 Å². The maximum absolute atomic E-state index is 11.7. The number of ether oxygens (including phenoxy) is 2. The van der Waals surface area contributed by atoms with Crippen molar-refractivity contribution in [1.29, 1.82) is 0 Å². The Morgan fingerprint density at radius 2 is 1.48 bits per heavy atom. The summed E-state index contributed by atoms with van der Waals surface area (Å²) in [6, 6.07) is 20.6. The molecule has 3 nitrogen and oxygen atoms in total. The Morgan fingerprint density at radius 3 is 2.24 bits per heavy atom. The van der Waals surface area contributed by atoms with Crippen LogP contribution in [0, 0.1) is 0 Å². The van der Waals surface area contributed by atoms with Crippen molar-refractivity contribution < 1.29 is 14.3 Å². The van der Waals surface area contributed by atoms with Crippen LogP contribution in [-0.4, -0.2) is 19.2 Å². The Morgan fingerprint density at radius 1 is 0.793 bits per heavy atom. The van der Waals surface area contributed by atoms with Crippen LogP contribution in [0.3, 0.4) is 0 Å².